The van der Waals surface area contributed by atoms with E-state index in [0.29, 0.717) is 10.6 Å². The summed E-state index contributed by atoms with van der Waals surface area (Å²) in [5.41, 5.74) is 5.36. The standard InChI is InChI=1S/C11H17ClN2O2S/c1-8-9(12)5-4-6-10(8)17(15,16)14-11(2,3)7-13/h4-6,14H,7,13H2,1-3H3. The highest BCUT2D eigenvalue weighted by atomic mass is 35.5. The summed E-state index contributed by atoms with van der Waals surface area (Å²) in [7, 11) is -3.60. The predicted molar refractivity (Wildman–Crippen MR) is 69.6 cm³/mol. The highest BCUT2D eigenvalue weighted by Crippen LogP contribution is 2.23. The number of nitrogens with two attached hydrogens (primary N) is 1. The van der Waals surface area contributed by atoms with Gasteiger partial charge in [0, 0.05) is 17.1 Å². The summed E-state index contributed by atoms with van der Waals surface area (Å²) < 4.78 is 26.9. The van der Waals surface area contributed by atoms with E-state index in [4.69, 9.17) is 17.3 Å². The zero-order valence-corrected chi connectivity index (χ0v) is 11.7. The van der Waals surface area contributed by atoms with Crippen LogP contribution in [-0.4, -0.2) is 20.5 Å². The highest BCUT2D eigenvalue weighted by Gasteiger charge is 2.26. The minimum Gasteiger partial charge on any atom is -0.329 e. The van der Waals surface area contributed by atoms with Gasteiger partial charge < -0.3 is 5.73 Å². The lowest BCUT2D eigenvalue weighted by atomic mass is 10.1. The molecule has 0 aromatic heterocycles. The Morgan fingerprint density at radius 1 is 1.41 bits per heavy atom. The van der Waals surface area contributed by atoms with Gasteiger partial charge in [-0.25, -0.2) is 13.1 Å². The second kappa shape index (κ2) is 4.94. The van der Waals surface area contributed by atoms with Gasteiger partial charge in [-0.2, -0.15) is 0 Å². The van der Waals surface area contributed by atoms with E-state index in [-0.39, 0.29) is 11.4 Å². The summed E-state index contributed by atoms with van der Waals surface area (Å²) in [6.07, 6.45) is 0. The Balaban J connectivity index is 3.19. The Hall–Kier alpha value is -0.620. The average molecular weight is 277 g/mol. The first-order valence-corrected chi connectivity index (χ1v) is 7.05. The zero-order chi connectivity index (χ0) is 13.3. The lowest BCUT2D eigenvalue weighted by Gasteiger charge is -2.24. The molecule has 0 heterocycles. The van der Waals surface area contributed by atoms with Crippen LogP contribution in [0.4, 0.5) is 0 Å². The Labute approximate surface area is 107 Å². The molecule has 0 aliphatic carbocycles. The third kappa shape index (κ3) is 3.42. The fourth-order valence-corrected chi connectivity index (χ4v) is 3.26. The first-order chi connectivity index (χ1) is 7.69. The Kier molecular flexibility index (Phi) is 4.19. The maximum atomic E-state index is 12.2. The average Bonchev–Trinajstić information content (AvgIpc) is 2.20. The van der Waals surface area contributed by atoms with E-state index in [1.807, 2.05) is 0 Å². The Morgan fingerprint density at radius 3 is 2.53 bits per heavy atom. The van der Waals surface area contributed by atoms with Crippen molar-refractivity contribution in [2.24, 2.45) is 5.73 Å². The minimum atomic E-state index is -3.60. The zero-order valence-electron chi connectivity index (χ0n) is 10.1. The van der Waals surface area contributed by atoms with Crippen molar-refractivity contribution < 1.29 is 8.42 Å². The van der Waals surface area contributed by atoms with Gasteiger partial charge in [-0.15, -0.1) is 0 Å². The molecule has 0 radical (unpaired) electrons. The normalized spacial score (nSPS) is 12.8. The summed E-state index contributed by atoms with van der Waals surface area (Å²) in [4.78, 5) is 0.187. The quantitative estimate of drug-likeness (QED) is 0.879. The summed E-state index contributed by atoms with van der Waals surface area (Å²) >= 11 is 5.91. The Bertz CT molecular complexity index is 512. The largest absolute Gasteiger partial charge is 0.329 e. The van der Waals surface area contributed by atoms with Gasteiger partial charge in [0.05, 0.1) is 4.90 Å². The van der Waals surface area contributed by atoms with Gasteiger partial charge in [-0.3, -0.25) is 0 Å². The molecule has 6 heteroatoms. The van der Waals surface area contributed by atoms with E-state index in [1.54, 1.807) is 32.9 Å². The van der Waals surface area contributed by atoms with E-state index in [2.05, 4.69) is 4.72 Å². The van der Waals surface area contributed by atoms with Crippen LogP contribution >= 0.6 is 11.6 Å². The molecule has 0 aliphatic rings. The summed E-state index contributed by atoms with van der Waals surface area (Å²) in [5, 5.41) is 0.429. The van der Waals surface area contributed by atoms with Crippen LogP contribution in [0.5, 0.6) is 0 Å². The lowest BCUT2D eigenvalue weighted by Crippen LogP contribution is -2.48. The van der Waals surface area contributed by atoms with Crippen molar-refractivity contribution in [2.75, 3.05) is 6.54 Å². The van der Waals surface area contributed by atoms with Crippen molar-refractivity contribution in [3.63, 3.8) is 0 Å². The molecular weight excluding hydrogens is 260 g/mol. The molecule has 0 spiro atoms. The van der Waals surface area contributed by atoms with E-state index in [1.165, 1.54) is 6.07 Å². The number of halogens is 1. The molecule has 0 saturated heterocycles. The van der Waals surface area contributed by atoms with Crippen molar-refractivity contribution in [1.82, 2.24) is 4.72 Å². The van der Waals surface area contributed by atoms with Crippen molar-refractivity contribution in [3.05, 3.63) is 28.8 Å². The van der Waals surface area contributed by atoms with Crippen molar-refractivity contribution in [2.45, 2.75) is 31.2 Å². The monoisotopic (exact) mass is 276 g/mol. The maximum Gasteiger partial charge on any atom is 0.241 e. The number of benzene rings is 1. The van der Waals surface area contributed by atoms with Crippen LogP contribution in [0.2, 0.25) is 5.02 Å². The number of rotatable bonds is 4. The second-order valence-electron chi connectivity index (χ2n) is 4.56. The second-order valence-corrected chi connectivity index (χ2v) is 6.61. The minimum absolute atomic E-state index is 0.187. The van der Waals surface area contributed by atoms with Crippen LogP contribution in [0.3, 0.4) is 0 Å². The van der Waals surface area contributed by atoms with E-state index >= 15 is 0 Å². The molecule has 0 amide bonds. The molecule has 1 rings (SSSR count). The molecule has 0 atom stereocenters. The lowest BCUT2D eigenvalue weighted by molar-refractivity contribution is 0.462. The third-order valence-corrected chi connectivity index (χ3v) is 4.68. The van der Waals surface area contributed by atoms with Crippen molar-refractivity contribution in [1.29, 1.82) is 0 Å². The first kappa shape index (κ1) is 14.4. The molecular formula is C11H17ClN2O2S. The molecule has 1 aromatic rings. The number of sulfonamides is 1. The topological polar surface area (TPSA) is 72.2 Å². The molecule has 0 bridgehead atoms. The van der Waals surface area contributed by atoms with Crippen LogP contribution in [0.25, 0.3) is 0 Å². The third-order valence-electron chi connectivity index (χ3n) is 2.43. The number of hydrogen-bond donors (Lipinski definition) is 2. The van der Waals surface area contributed by atoms with Crippen molar-refractivity contribution >= 4 is 21.6 Å². The van der Waals surface area contributed by atoms with Gasteiger partial charge in [0.15, 0.2) is 0 Å². The van der Waals surface area contributed by atoms with Crippen LogP contribution in [0.1, 0.15) is 19.4 Å². The SMILES string of the molecule is Cc1c(Cl)cccc1S(=O)(=O)NC(C)(C)CN. The molecule has 0 aliphatic heterocycles. The molecule has 0 unspecified atom stereocenters. The smallest absolute Gasteiger partial charge is 0.241 e. The van der Waals surface area contributed by atoms with E-state index < -0.39 is 15.6 Å². The van der Waals surface area contributed by atoms with Gasteiger partial charge in [0.2, 0.25) is 10.0 Å². The number of hydrogen-bond acceptors (Lipinski definition) is 3. The van der Waals surface area contributed by atoms with Gasteiger partial charge in [-0.1, -0.05) is 17.7 Å². The van der Waals surface area contributed by atoms with Crippen LogP contribution in [0.15, 0.2) is 23.1 Å². The fraction of sp³-hybridized carbons (Fsp3) is 0.455. The Morgan fingerprint density at radius 2 is 2.00 bits per heavy atom. The molecule has 0 saturated carbocycles. The maximum absolute atomic E-state index is 12.2. The van der Waals surface area contributed by atoms with Gasteiger partial charge >= 0.3 is 0 Å². The van der Waals surface area contributed by atoms with E-state index in [9.17, 15) is 8.42 Å². The van der Waals surface area contributed by atoms with Crippen LogP contribution < -0.4 is 10.5 Å². The summed E-state index contributed by atoms with van der Waals surface area (Å²) in [6.45, 7) is 5.34. The van der Waals surface area contributed by atoms with Crippen LogP contribution in [-0.2, 0) is 10.0 Å². The van der Waals surface area contributed by atoms with Crippen LogP contribution in [0, 0.1) is 6.92 Å². The first-order valence-electron chi connectivity index (χ1n) is 5.19. The van der Waals surface area contributed by atoms with Crippen molar-refractivity contribution in [3.8, 4) is 0 Å². The number of nitrogens with one attached hydrogen (secondary N) is 1. The van der Waals surface area contributed by atoms with Gasteiger partial charge in [0.1, 0.15) is 0 Å². The molecule has 96 valence electrons. The molecule has 17 heavy (non-hydrogen) atoms. The summed E-state index contributed by atoms with van der Waals surface area (Å²) in [6, 6.07) is 4.79. The molecule has 4 nitrogen and oxygen atoms in total. The fourth-order valence-electron chi connectivity index (χ4n) is 1.34. The van der Waals surface area contributed by atoms with Gasteiger partial charge in [-0.05, 0) is 38.5 Å². The molecule has 0 fully saturated rings. The molecule has 3 N–H and O–H groups in total. The summed E-state index contributed by atoms with van der Waals surface area (Å²) in [5.74, 6) is 0. The highest BCUT2D eigenvalue weighted by molar-refractivity contribution is 7.89. The van der Waals surface area contributed by atoms with E-state index in [0.717, 1.165) is 0 Å². The van der Waals surface area contributed by atoms with Gasteiger partial charge in [0.25, 0.3) is 0 Å². The predicted octanol–water partition coefficient (Wildman–Crippen LogP) is 1.66. The molecule has 1 aromatic carbocycles.